The molecule has 0 unspecified atom stereocenters. The van der Waals surface area contributed by atoms with Crippen LogP contribution in [0.5, 0.6) is 0 Å². The van der Waals surface area contributed by atoms with Crippen molar-refractivity contribution in [3.8, 4) is 0 Å². The lowest BCUT2D eigenvalue weighted by Crippen LogP contribution is -1.98. The zero-order chi connectivity index (χ0) is 14.0. The molecule has 0 radical (unpaired) electrons. The van der Waals surface area contributed by atoms with E-state index in [9.17, 15) is 9.18 Å². The van der Waals surface area contributed by atoms with Crippen LogP contribution in [0.15, 0.2) is 18.2 Å². The van der Waals surface area contributed by atoms with Crippen LogP contribution in [0.3, 0.4) is 0 Å². The van der Waals surface area contributed by atoms with Crippen molar-refractivity contribution < 1.29 is 13.9 Å². The molecule has 0 saturated heterocycles. The highest BCUT2D eigenvalue weighted by atomic mass is 35.5. The number of carbonyl (C=O) groups is 1. The summed E-state index contributed by atoms with van der Waals surface area (Å²) >= 11 is 12.4. The van der Waals surface area contributed by atoms with Crippen LogP contribution in [0.25, 0.3) is 0 Å². The van der Waals surface area contributed by atoms with Gasteiger partial charge in [-0.05, 0) is 12.1 Å². The monoisotopic (exact) mass is 320 g/mol. The highest BCUT2D eigenvalue weighted by Crippen LogP contribution is 2.31. The summed E-state index contributed by atoms with van der Waals surface area (Å²) in [4.78, 5) is 15.4. The normalized spacial score (nSPS) is 10.3. The van der Waals surface area contributed by atoms with Crippen molar-refractivity contribution in [1.29, 1.82) is 0 Å². The fourth-order valence-electron chi connectivity index (χ4n) is 1.29. The molecule has 100 valence electrons. The summed E-state index contributed by atoms with van der Waals surface area (Å²) in [6, 6.07) is 4.51. The van der Waals surface area contributed by atoms with Crippen LogP contribution < -0.4 is 5.32 Å². The highest BCUT2D eigenvalue weighted by Gasteiger charge is 2.18. The van der Waals surface area contributed by atoms with E-state index in [1.54, 1.807) is 6.07 Å². The lowest BCUT2D eigenvalue weighted by molar-refractivity contribution is 0.0606. The topological polar surface area (TPSA) is 51.2 Å². The largest absolute Gasteiger partial charge is 0.465 e. The van der Waals surface area contributed by atoms with E-state index in [1.807, 2.05) is 0 Å². The Bertz CT molecular complexity index is 633. The van der Waals surface area contributed by atoms with E-state index < -0.39 is 11.8 Å². The first kappa shape index (κ1) is 14.0. The molecule has 2 rings (SSSR count). The van der Waals surface area contributed by atoms with Gasteiger partial charge in [-0.15, -0.1) is 0 Å². The van der Waals surface area contributed by atoms with Crippen LogP contribution in [0.2, 0.25) is 10.2 Å². The number of aromatic nitrogens is 1. The standard InChI is InChI=1S/C11H7Cl2FN2O2S/c1-18-10(17)8-9(13)16-11(19-8)15-6-4-2-3-5(12)7(6)14/h2-4H,1H3,(H,15,16). The third-order valence-electron chi connectivity index (χ3n) is 2.15. The number of nitrogens with one attached hydrogen (secondary N) is 1. The molecule has 0 amide bonds. The van der Waals surface area contributed by atoms with Crippen LogP contribution in [0.1, 0.15) is 9.67 Å². The quantitative estimate of drug-likeness (QED) is 0.864. The van der Waals surface area contributed by atoms with Crippen LogP contribution >= 0.6 is 34.5 Å². The summed E-state index contributed by atoms with van der Waals surface area (Å²) in [6.45, 7) is 0. The number of thiazole rings is 1. The Morgan fingerprint density at radius 2 is 2.21 bits per heavy atom. The van der Waals surface area contributed by atoms with Crippen molar-refractivity contribution in [1.82, 2.24) is 4.98 Å². The second kappa shape index (κ2) is 5.73. The Morgan fingerprint density at radius 1 is 1.47 bits per heavy atom. The van der Waals surface area contributed by atoms with Crippen LogP contribution in [-0.4, -0.2) is 18.1 Å². The van der Waals surface area contributed by atoms with Gasteiger partial charge in [0.25, 0.3) is 0 Å². The highest BCUT2D eigenvalue weighted by molar-refractivity contribution is 7.18. The third-order valence-corrected chi connectivity index (χ3v) is 3.78. The third kappa shape index (κ3) is 2.97. The zero-order valence-electron chi connectivity index (χ0n) is 9.54. The second-order valence-corrected chi connectivity index (χ2v) is 5.12. The summed E-state index contributed by atoms with van der Waals surface area (Å²) < 4.78 is 18.2. The Balaban J connectivity index is 2.29. The smallest absolute Gasteiger partial charge is 0.351 e. The molecule has 19 heavy (non-hydrogen) atoms. The minimum absolute atomic E-state index is 0.00165. The first-order valence-electron chi connectivity index (χ1n) is 4.98. The zero-order valence-corrected chi connectivity index (χ0v) is 11.9. The summed E-state index contributed by atoms with van der Waals surface area (Å²) in [7, 11) is 1.24. The number of benzene rings is 1. The lowest BCUT2D eigenvalue weighted by Gasteiger charge is -2.04. The maximum Gasteiger partial charge on any atom is 0.351 e. The van der Waals surface area contributed by atoms with Crippen LogP contribution in [0.4, 0.5) is 15.2 Å². The Morgan fingerprint density at radius 3 is 2.89 bits per heavy atom. The number of esters is 1. The van der Waals surface area contributed by atoms with Gasteiger partial charge in [0.15, 0.2) is 21.0 Å². The molecule has 0 atom stereocenters. The first-order valence-corrected chi connectivity index (χ1v) is 6.56. The number of nitrogens with zero attached hydrogens (tertiary/aromatic N) is 1. The summed E-state index contributed by atoms with van der Waals surface area (Å²) in [5.41, 5.74) is 0.148. The Labute approximate surface area is 122 Å². The SMILES string of the molecule is COC(=O)c1sc(Nc2cccc(Cl)c2F)nc1Cl. The van der Waals surface area contributed by atoms with Gasteiger partial charge in [0.1, 0.15) is 0 Å². The van der Waals surface area contributed by atoms with E-state index in [4.69, 9.17) is 23.2 Å². The molecule has 1 N–H and O–H groups in total. The van der Waals surface area contributed by atoms with Gasteiger partial charge in [-0.25, -0.2) is 14.2 Å². The van der Waals surface area contributed by atoms with Crippen molar-refractivity contribution in [2.75, 3.05) is 12.4 Å². The van der Waals surface area contributed by atoms with Crippen molar-refractivity contribution >= 4 is 51.3 Å². The molecule has 4 nitrogen and oxygen atoms in total. The minimum atomic E-state index is -0.602. The van der Waals surface area contributed by atoms with Gasteiger partial charge >= 0.3 is 5.97 Å². The second-order valence-electron chi connectivity index (χ2n) is 3.36. The van der Waals surface area contributed by atoms with Gasteiger partial charge in [-0.2, -0.15) is 0 Å². The molecular weight excluding hydrogens is 314 g/mol. The van der Waals surface area contributed by atoms with Crippen molar-refractivity contribution in [2.45, 2.75) is 0 Å². The Kier molecular flexibility index (Phi) is 4.24. The predicted molar refractivity (Wildman–Crippen MR) is 73.2 cm³/mol. The summed E-state index contributed by atoms with van der Waals surface area (Å²) in [6.07, 6.45) is 0. The van der Waals surface area contributed by atoms with E-state index >= 15 is 0 Å². The maximum atomic E-state index is 13.7. The number of halogens is 3. The number of rotatable bonds is 3. The molecule has 0 aliphatic rings. The number of ether oxygens (including phenoxy) is 1. The Hall–Kier alpha value is -1.37. The number of hydrogen-bond donors (Lipinski definition) is 1. The van der Waals surface area contributed by atoms with Gasteiger partial charge in [-0.3, -0.25) is 0 Å². The van der Waals surface area contributed by atoms with Crippen molar-refractivity contribution in [3.05, 3.63) is 39.1 Å². The molecule has 0 aliphatic heterocycles. The van der Waals surface area contributed by atoms with Gasteiger partial charge in [0.05, 0.1) is 17.8 Å². The molecule has 0 aliphatic carbocycles. The first-order chi connectivity index (χ1) is 9.02. The lowest BCUT2D eigenvalue weighted by atomic mass is 10.3. The molecule has 0 spiro atoms. The molecule has 2 aromatic rings. The number of methoxy groups -OCH3 is 1. The molecule has 8 heteroatoms. The summed E-state index contributed by atoms with van der Waals surface area (Å²) in [5, 5.41) is 2.97. The van der Waals surface area contributed by atoms with Crippen LogP contribution in [0, 0.1) is 5.82 Å². The molecular formula is C11H7Cl2FN2O2S. The van der Waals surface area contributed by atoms with E-state index in [0.717, 1.165) is 11.3 Å². The van der Waals surface area contributed by atoms with E-state index in [-0.39, 0.29) is 25.9 Å². The van der Waals surface area contributed by atoms with Crippen LogP contribution in [-0.2, 0) is 4.74 Å². The average molecular weight is 321 g/mol. The molecule has 0 bridgehead atoms. The number of carbonyl (C=O) groups excluding carboxylic acids is 1. The van der Waals surface area contributed by atoms with E-state index in [1.165, 1.54) is 19.2 Å². The van der Waals surface area contributed by atoms with Gasteiger partial charge < -0.3 is 10.1 Å². The van der Waals surface area contributed by atoms with Gasteiger partial charge in [0.2, 0.25) is 0 Å². The fraction of sp³-hybridized carbons (Fsp3) is 0.0909. The number of anilines is 2. The summed E-state index contributed by atoms with van der Waals surface area (Å²) in [5.74, 6) is -1.20. The van der Waals surface area contributed by atoms with Gasteiger partial charge in [-0.1, -0.05) is 40.6 Å². The molecule has 0 saturated carbocycles. The molecule has 1 aromatic heterocycles. The van der Waals surface area contributed by atoms with Crippen molar-refractivity contribution in [2.24, 2.45) is 0 Å². The molecule has 1 aromatic carbocycles. The minimum Gasteiger partial charge on any atom is -0.465 e. The van der Waals surface area contributed by atoms with E-state index in [0.29, 0.717) is 0 Å². The van der Waals surface area contributed by atoms with E-state index in [2.05, 4.69) is 15.0 Å². The fourth-order valence-corrected chi connectivity index (χ4v) is 2.58. The van der Waals surface area contributed by atoms with Crippen molar-refractivity contribution in [3.63, 3.8) is 0 Å². The number of hydrogen-bond acceptors (Lipinski definition) is 5. The predicted octanol–water partition coefficient (Wildman–Crippen LogP) is 4.12. The average Bonchev–Trinajstić information content (AvgIpc) is 2.75. The maximum absolute atomic E-state index is 13.7. The molecule has 1 heterocycles. The molecule has 0 fully saturated rings. The van der Waals surface area contributed by atoms with Gasteiger partial charge in [0, 0.05) is 0 Å².